The van der Waals surface area contributed by atoms with Crippen LogP contribution in [0.3, 0.4) is 0 Å². The van der Waals surface area contributed by atoms with Gasteiger partial charge in [-0.15, -0.1) is 11.3 Å². The third-order valence-corrected chi connectivity index (χ3v) is 3.28. The fraction of sp³-hybridized carbons (Fsp3) is 0.143. The molecule has 0 spiro atoms. The summed E-state index contributed by atoms with van der Waals surface area (Å²) in [5.41, 5.74) is 0.939. The summed E-state index contributed by atoms with van der Waals surface area (Å²) >= 11 is 1.41. The Morgan fingerprint density at radius 2 is 2.06 bits per heavy atom. The number of benzene rings is 1. The summed E-state index contributed by atoms with van der Waals surface area (Å²) in [6.07, 6.45) is 0.383. The van der Waals surface area contributed by atoms with Gasteiger partial charge in [0.25, 0.3) is 0 Å². The van der Waals surface area contributed by atoms with Crippen molar-refractivity contribution in [3.63, 3.8) is 0 Å². The van der Waals surface area contributed by atoms with Crippen molar-refractivity contribution in [2.45, 2.75) is 6.42 Å². The van der Waals surface area contributed by atoms with Gasteiger partial charge < -0.3 is 4.74 Å². The van der Waals surface area contributed by atoms with Gasteiger partial charge in [-0.3, -0.25) is 4.79 Å². The lowest BCUT2D eigenvalue weighted by Crippen LogP contribution is -2.09. The third-order valence-electron chi connectivity index (χ3n) is 2.37. The highest BCUT2D eigenvalue weighted by Crippen LogP contribution is 2.14. The monoisotopic (exact) mass is 257 g/mol. The molecule has 0 radical (unpaired) electrons. The molecule has 18 heavy (non-hydrogen) atoms. The number of thiophene rings is 1. The summed E-state index contributed by atoms with van der Waals surface area (Å²) in [7, 11) is 0. The van der Waals surface area contributed by atoms with Crippen LogP contribution in [0.15, 0.2) is 41.8 Å². The molecule has 0 fully saturated rings. The van der Waals surface area contributed by atoms with Gasteiger partial charge in [0.2, 0.25) is 5.78 Å². The molecule has 0 aliphatic carbocycles. The van der Waals surface area contributed by atoms with Crippen LogP contribution in [0.4, 0.5) is 0 Å². The van der Waals surface area contributed by atoms with E-state index in [4.69, 9.17) is 10.00 Å². The summed E-state index contributed by atoms with van der Waals surface area (Å²) in [6, 6.07) is 12.9. The molecule has 4 heteroatoms. The van der Waals surface area contributed by atoms with E-state index in [-0.39, 0.29) is 12.4 Å². The first-order chi connectivity index (χ1) is 8.79. The fourth-order valence-electron chi connectivity index (χ4n) is 1.45. The quantitative estimate of drug-likeness (QED) is 0.773. The molecule has 0 atom stereocenters. The minimum Gasteiger partial charge on any atom is -0.485 e. The Bertz CT molecular complexity index is 552. The van der Waals surface area contributed by atoms with Gasteiger partial charge in [0.15, 0.2) is 6.61 Å². The van der Waals surface area contributed by atoms with Gasteiger partial charge in [-0.1, -0.05) is 18.2 Å². The topological polar surface area (TPSA) is 50.1 Å². The van der Waals surface area contributed by atoms with E-state index in [1.54, 1.807) is 18.2 Å². The predicted molar refractivity (Wildman–Crippen MR) is 69.9 cm³/mol. The number of rotatable bonds is 5. The number of nitrogens with zero attached hydrogens (tertiary/aromatic N) is 1. The largest absolute Gasteiger partial charge is 0.485 e. The molecule has 0 aliphatic heterocycles. The van der Waals surface area contributed by atoms with Crippen molar-refractivity contribution < 1.29 is 9.53 Å². The molecular formula is C14H11NO2S. The molecule has 0 unspecified atom stereocenters. The van der Waals surface area contributed by atoms with Crippen LogP contribution in [0.1, 0.15) is 15.2 Å². The second-order valence-corrected chi connectivity index (χ2v) is 4.62. The Morgan fingerprint density at radius 1 is 1.28 bits per heavy atom. The first-order valence-corrected chi connectivity index (χ1v) is 6.33. The van der Waals surface area contributed by atoms with Gasteiger partial charge in [-0.05, 0) is 29.1 Å². The highest BCUT2D eigenvalue weighted by molar-refractivity contribution is 7.12. The molecule has 2 rings (SSSR count). The Labute approximate surface area is 109 Å². The average Bonchev–Trinajstić information content (AvgIpc) is 2.92. The number of carbonyl (C=O) groups excluding carboxylic acids is 1. The summed E-state index contributed by atoms with van der Waals surface area (Å²) in [6.45, 7) is 0.0398. The predicted octanol–water partition coefficient (Wildman–Crippen LogP) is 3.08. The van der Waals surface area contributed by atoms with Crippen LogP contribution >= 0.6 is 11.3 Å². The van der Waals surface area contributed by atoms with Gasteiger partial charge in [0.1, 0.15) is 5.75 Å². The lowest BCUT2D eigenvalue weighted by molar-refractivity contribution is 0.0925. The van der Waals surface area contributed by atoms with E-state index in [0.717, 1.165) is 5.56 Å². The normalized spacial score (nSPS) is 9.72. The van der Waals surface area contributed by atoms with E-state index in [1.165, 1.54) is 11.3 Å². The Kier molecular flexibility index (Phi) is 4.11. The molecular weight excluding hydrogens is 246 g/mol. The van der Waals surface area contributed by atoms with Crippen LogP contribution in [0.5, 0.6) is 5.75 Å². The van der Waals surface area contributed by atoms with Crippen molar-refractivity contribution >= 4 is 17.1 Å². The molecule has 2 aromatic rings. The number of Topliss-reactive ketones (excluding diaryl/α,β-unsaturated/α-hetero) is 1. The molecule has 3 nitrogen and oxygen atoms in total. The number of nitriles is 1. The summed E-state index contributed by atoms with van der Waals surface area (Å²) in [5, 5.41) is 10.4. The van der Waals surface area contributed by atoms with Gasteiger partial charge in [0, 0.05) is 0 Å². The van der Waals surface area contributed by atoms with Gasteiger partial charge in [-0.2, -0.15) is 5.26 Å². The second-order valence-electron chi connectivity index (χ2n) is 3.67. The number of hydrogen-bond donors (Lipinski definition) is 0. The Balaban J connectivity index is 1.91. The van der Waals surface area contributed by atoms with Crippen LogP contribution in [-0.2, 0) is 6.42 Å². The molecule has 90 valence electrons. The first-order valence-electron chi connectivity index (χ1n) is 5.45. The standard InChI is InChI=1S/C14H11NO2S/c15-8-7-11-3-5-12(6-4-11)17-10-13(16)14-2-1-9-18-14/h1-6,9H,7,10H2. The van der Waals surface area contributed by atoms with Crippen molar-refractivity contribution in [3.8, 4) is 11.8 Å². The zero-order valence-electron chi connectivity index (χ0n) is 9.63. The van der Waals surface area contributed by atoms with Crippen molar-refractivity contribution in [2.24, 2.45) is 0 Å². The molecule has 1 aromatic carbocycles. The van der Waals surface area contributed by atoms with E-state index in [2.05, 4.69) is 6.07 Å². The molecule has 0 saturated heterocycles. The minimum absolute atomic E-state index is 0.0221. The smallest absolute Gasteiger partial charge is 0.210 e. The molecule has 0 N–H and O–H groups in total. The van der Waals surface area contributed by atoms with Crippen LogP contribution < -0.4 is 4.74 Å². The molecule has 1 heterocycles. The maximum absolute atomic E-state index is 11.7. The van der Waals surface area contributed by atoms with Crippen molar-refractivity contribution in [1.29, 1.82) is 5.26 Å². The highest BCUT2D eigenvalue weighted by atomic mass is 32.1. The molecule has 0 saturated carbocycles. The molecule has 0 amide bonds. The van der Waals surface area contributed by atoms with Crippen LogP contribution in [0.2, 0.25) is 0 Å². The number of carbonyl (C=O) groups is 1. The van der Waals surface area contributed by atoms with Crippen molar-refractivity contribution in [1.82, 2.24) is 0 Å². The van der Waals surface area contributed by atoms with Gasteiger partial charge in [-0.25, -0.2) is 0 Å². The molecule has 1 aromatic heterocycles. The van der Waals surface area contributed by atoms with Gasteiger partial charge in [0.05, 0.1) is 17.4 Å². The van der Waals surface area contributed by atoms with Crippen LogP contribution in [-0.4, -0.2) is 12.4 Å². The minimum atomic E-state index is -0.0221. The highest BCUT2D eigenvalue weighted by Gasteiger charge is 2.07. The van der Waals surface area contributed by atoms with E-state index in [0.29, 0.717) is 17.0 Å². The van der Waals surface area contributed by atoms with Gasteiger partial charge >= 0.3 is 0 Å². The SMILES string of the molecule is N#CCc1ccc(OCC(=O)c2cccs2)cc1. The molecule has 0 bridgehead atoms. The summed E-state index contributed by atoms with van der Waals surface area (Å²) < 4.78 is 5.40. The van der Waals surface area contributed by atoms with Crippen LogP contribution in [0.25, 0.3) is 0 Å². The molecule has 0 aliphatic rings. The summed E-state index contributed by atoms with van der Waals surface area (Å²) in [5.74, 6) is 0.618. The zero-order valence-corrected chi connectivity index (χ0v) is 10.4. The number of hydrogen-bond acceptors (Lipinski definition) is 4. The second kappa shape index (κ2) is 5.99. The van der Waals surface area contributed by atoms with Crippen molar-refractivity contribution in [2.75, 3.05) is 6.61 Å². The zero-order chi connectivity index (χ0) is 12.8. The van der Waals surface area contributed by atoms with E-state index >= 15 is 0 Å². The Hall–Kier alpha value is -2.12. The number of ketones is 1. The lowest BCUT2D eigenvalue weighted by Gasteiger charge is -2.04. The lowest BCUT2D eigenvalue weighted by atomic mass is 10.2. The number of ether oxygens (including phenoxy) is 1. The maximum Gasteiger partial charge on any atom is 0.210 e. The fourth-order valence-corrected chi connectivity index (χ4v) is 2.10. The summed E-state index contributed by atoms with van der Waals surface area (Å²) in [4.78, 5) is 12.4. The van der Waals surface area contributed by atoms with Crippen molar-refractivity contribution in [3.05, 3.63) is 52.2 Å². The Morgan fingerprint density at radius 3 is 2.67 bits per heavy atom. The first kappa shape index (κ1) is 12.3. The van der Waals surface area contributed by atoms with E-state index in [9.17, 15) is 4.79 Å². The van der Waals surface area contributed by atoms with E-state index in [1.807, 2.05) is 23.6 Å². The maximum atomic E-state index is 11.7. The van der Waals surface area contributed by atoms with Crippen LogP contribution in [0, 0.1) is 11.3 Å². The van der Waals surface area contributed by atoms with E-state index < -0.39 is 0 Å². The third kappa shape index (κ3) is 3.19. The average molecular weight is 257 g/mol.